The third kappa shape index (κ3) is 6.68. The van der Waals surface area contributed by atoms with Crippen molar-refractivity contribution < 1.29 is 19.5 Å². The summed E-state index contributed by atoms with van der Waals surface area (Å²) in [5.41, 5.74) is 10.3. The van der Waals surface area contributed by atoms with Crippen LogP contribution in [0.1, 0.15) is 105 Å². The Balaban J connectivity index is 0.00000455. The number of nitrogens with zero attached hydrogens (tertiary/aromatic N) is 8. The van der Waals surface area contributed by atoms with E-state index in [1.807, 2.05) is 0 Å². The van der Waals surface area contributed by atoms with Crippen LogP contribution in [0.15, 0.2) is 72.8 Å². The second-order valence-electron chi connectivity index (χ2n) is 19.5. The van der Waals surface area contributed by atoms with E-state index in [4.69, 9.17) is 39.9 Å². The van der Waals surface area contributed by atoms with Crippen molar-refractivity contribution in [2.45, 2.75) is 105 Å². The average Bonchev–Trinajstić information content (AvgIpc) is 3.84. The Hall–Kier alpha value is -5.14. The summed E-state index contributed by atoms with van der Waals surface area (Å²) in [5, 5.41) is 3.64. The zero-order chi connectivity index (χ0) is 39.7. The number of benzene rings is 4. The molecule has 0 radical (unpaired) electrons. The first kappa shape index (κ1) is 38.7. The van der Waals surface area contributed by atoms with E-state index in [9.17, 15) is 0 Å². The molecular formula is C48H48N8Ru. The molecule has 0 fully saturated rings. The molecule has 5 heterocycles. The first-order chi connectivity index (χ1) is 26.2. The standard InChI is InChI=1S/C48H48N8.Ru/c1-45(2,3)25-13-17-29-33(21-25)41-50-37(29)49-38-30-18-14-26(46(4,5)6)22-34(30)42(51-38)53-40-32-20-16-28(48(10,11)12)24-36(32)44(55-40)56-43-35-23-27(47(7,8)9)15-19-31(35)39(52-41)54-43;/h13-24H,1-12H3;/q-2;+2. The number of aromatic nitrogens is 8. The Morgan fingerprint density at radius 3 is 0.930 bits per heavy atom. The predicted octanol–water partition coefficient (Wildman–Crippen LogP) is 11.3. The normalized spacial score (nSPS) is 13.1. The topological polar surface area (TPSA) is 106 Å². The summed E-state index contributed by atoms with van der Waals surface area (Å²) in [7, 11) is 0. The van der Waals surface area contributed by atoms with Gasteiger partial charge in [0.2, 0.25) is 0 Å². The van der Waals surface area contributed by atoms with Gasteiger partial charge in [-0.15, -0.1) is 0 Å². The third-order valence-corrected chi connectivity index (χ3v) is 11.2. The zero-order valence-electron chi connectivity index (χ0n) is 34.9. The summed E-state index contributed by atoms with van der Waals surface area (Å²) in [6.07, 6.45) is 0. The van der Waals surface area contributed by atoms with Crippen molar-refractivity contribution in [2.24, 2.45) is 0 Å². The molecule has 0 N–H and O–H groups in total. The molecule has 9 rings (SSSR count). The predicted molar refractivity (Wildman–Crippen MR) is 229 cm³/mol. The van der Waals surface area contributed by atoms with E-state index in [0.29, 0.717) is 45.9 Å². The fraction of sp³-hybridized carbons (Fsp3) is 0.333. The van der Waals surface area contributed by atoms with Crippen LogP contribution in [0.4, 0.5) is 0 Å². The van der Waals surface area contributed by atoms with Crippen molar-refractivity contribution in [1.82, 2.24) is 39.9 Å². The van der Waals surface area contributed by atoms with Gasteiger partial charge in [0.25, 0.3) is 0 Å². The van der Waals surface area contributed by atoms with Gasteiger partial charge < -0.3 is 29.9 Å². The fourth-order valence-electron chi connectivity index (χ4n) is 7.53. The number of fused-ring (bicyclic) bond motifs is 20. The van der Waals surface area contributed by atoms with Crippen molar-refractivity contribution in [2.75, 3.05) is 0 Å². The number of hydrogen-bond acceptors (Lipinski definition) is 6. The summed E-state index contributed by atoms with van der Waals surface area (Å²) < 4.78 is 0. The Morgan fingerprint density at radius 2 is 0.596 bits per heavy atom. The van der Waals surface area contributed by atoms with Crippen molar-refractivity contribution in [3.8, 4) is 45.6 Å². The van der Waals surface area contributed by atoms with Crippen molar-refractivity contribution in [3.05, 3.63) is 95.1 Å². The fourth-order valence-corrected chi connectivity index (χ4v) is 7.53. The second kappa shape index (κ2) is 12.9. The van der Waals surface area contributed by atoms with Gasteiger partial charge in [-0.2, -0.15) is 0 Å². The van der Waals surface area contributed by atoms with E-state index < -0.39 is 0 Å². The maximum Gasteiger partial charge on any atom is 2.00 e. The molecule has 0 unspecified atom stereocenters. The second-order valence-corrected chi connectivity index (χ2v) is 19.5. The maximum absolute atomic E-state index is 5.29. The summed E-state index contributed by atoms with van der Waals surface area (Å²) in [6, 6.07) is 25.9. The van der Waals surface area contributed by atoms with Gasteiger partial charge in [-0.3, -0.25) is 0 Å². The van der Waals surface area contributed by atoms with Gasteiger partial charge in [-0.1, -0.05) is 132 Å². The van der Waals surface area contributed by atoms with Crippen molar-refractivity contribution >= 4 is 44.1 Å². The van der Waals surface area contributed by atoms with Gasteiger partial charge in [0.1, 0.15) is 0 Å². The molecule has 288 valence electrons. The Kier molecular flexibility index (Phi) is 8.79. The van der Waals surface area contributed by atoms with Gasteiger partial charge in [-0.05, 0) is 89.7 Å². The smallest absolute Gasteiger partial charge is 0.357 e. The van der Waals surface area contributed by atoms with E-state index in [0.717, 1.165) is 43.8 Å². The van der Waals surface area contributed by atoms with Crippen molar-refractivity contribution in [1.29, 1.82) is 0 Å². The summed E-state index contributed by atoms with van der Waals surface area (Å²) in [4.78, 5) is 41.6. The molecule has 0 atom stereocenters. The Morgan fingerprint density at radius 1 is 0.316 bits per heavy atom. The molecular weight excluding hydrogens is 790 g/mol. The molecule has 9 heteroatoms. The van der Waals surface area contributed by atoms with E-state index in [-0.39, 0.29) is 41.1 Å². The molecule has 8 nitrogen and oxygen atoms in total. The molecule has 8 bridgehead atoms. The molecule has 0 aliphatic carbocycles. The minimum Gasteiger partial charge on any atom is -0.357 e. The van der Waals surface area contributed by atoms with E-state index >= 15 is 0 Å². The minimum absolute atomic E-state index is 0. The monoisotopic (exact) mass is 838 g/mol. The quantitative estimate of drug-likeness (QED) is 0.139. The van der Waals surface area contributed by atoms with Crippen LogP contribution in [0, 0.1) is 0 Å². The van der Waals surface area contributed by atoms with Crippen LogP contribution in [0.2, 0.25) is 0 Å². The zero-order valence-corrected chi connectivity index (χ0v) is 36.6. The third-order valence-electron chi connectivity index (χ3n) is 11.2. The molecule has 0 spiro atoms. The SMILES string of the molecule is CC(C)(C)c1ccc2c(c1)-c1nc-2nc2[n-]c(nc3nc(nc4[n-]c(n1)c1ccc(C(C)(C)C)cc41)-c1cc(C(C)(C)C)ccc1-3)c1cc(C(C)(C)C)ccc21.[Ru+2]. The molecule has 57 heavy (non-hydrogen) atoms. The summed E-state index contributed by atoms with van der Waals surface area (Å²) >= 11 is 0. The minimum atomic E-state index is -0.0851. The molecule has 0 saturated carbocycles. The van der Waals surface area contributed by atoms with Crippen LogP contribution in [0.5, 0.6) is 0 Å². The Labute approximate surface area is 347 Å². The number of hydrogen-bond donors (Lipinski definition) is 0. The molecule has 0 amide bonds. The summed E-state index contributed by atoms with van der Waals surface area (Å²) in [5.74, 6) is 2.24. The van der Waals surface area contributed by atoms with Gasteiger partial charge in [0, 0.05) is 44.8 Å². The molecule has 0 saturated heterocycles. The van der Waals surface area contributed by atoms with Crippen LogP contribution in [0.3, 0.4) is 0 Å². The van der Waals surface area contributed by atoms with E-state index in [2.05, 4.69) is 156 Å². The molecule has 3 aromatic heterocycles. The van der Waals surface area contributed by atoms with Gasteiger partial charge in [-0.25, -0.2) is 9.97 Å². The summed E-state index contributed by atoms with van der Waals surface area (Å²) in [6.45, 7) is 26.6. The first-order valence-electron chi connectivity index (χ1n) is 19.5. The Bertz CT molecular complexity index is 2960. The maximum atomic E-state index is 5.29. The average molecular weight is 838 g/mol. The molecule has 2 aliphatic rings. The van der Waals surface area contributed by atoms with Crippen LogP contribution in [-0.4, -0.2) is 29.9 Å². The van der Waals surface area contributed by atoms with Gasteiger partial charge in [0.05, 0.1) is 23.3 Å². The molecule has 4 aromatic carbocycles. The van der Waals surface area contributed by atoms with Crippen LogP contribution >= 0.6 is 0 Å². The van der Waals surface area contributed by atoms with Gasteiger partial charge >= 0.3 is 19.5 Å². The van der Waals surface area contributed by atoms with Crippen molar-refractivity contribution in [3.63, 3.8) is 0 Å². The van der Waals surface area contributed by atoms with E-state index in [1.165, 1.54) is 22.3 Å². The van der Waals surface area contributed by atoms with Crippen LogP contribution in [0.25, 0.3) is 89.7 Å². The van der Waals surface area contributed by atoms with Gasteiger partial charge in [0.15, 0.2) is 0 Å². The molecule has 7 aromatic rings. The molecule has 2 aliphatic heterocycles. The number of rotatable bonds is 0. The largest absolute Gasteiger partial charge is 2.00 e. The van der Waals surface area contributed by atoms with Crippen LogP contribution < -0.4 is 9.97 Å². The first-order valence-corrected chi connectivity index (χ1v) is 19.5. The van der Waals surface area contributed by atoms with E-state index in [1.54, 1.807) is 0 Å². The van der Waals surface area contributed by atoms with Crippen LogP contribution in [-0.2, 0) is 41.1 Å².